The van der Waals surface area contributed by atoms with Crippen molar-refractivity contribution in [1.29, 1.82) is 0 Å². The summed E-state index contributed by atoms with van der Waals surface area (Å²) in [4.78, 5) is 27.0. The molecule has 104 valence electrons. The first kappa shape index (κ1) is 13.3. The van der Waals surface area contributed by atoms with Crippen LogP contribution in [0, 0.1) is 0 Å². The molecule has 0 bridgehead atoms. The summed E-state index contributed by atoms with van der Waals surface area (Å²) in [5.41, 5.74) is 4.81. The van der Waals surface area contributed by atoms with E-state index in [0.717, 1.165) is 0 Å². The van der Waals surface area contributed by atoms with Crippen LogP contribution in [0.2, 0.25) is 5.02 Å². The van der Waals surface area contributed by atoms with Crippen LogP contribution >= 0.6 is 11.6 Å². The number of ether oxygens (including phenoxy) is 1. The lowest BCUT2D eigenvalue weighted by atomic mass is 9.98. The number of anilines is 1. The normalized spacial score (nSPS) is 10.7. The van der Waals surface area contributed by atoms with E-state index in [-0.39, 0.29) is 11.3 Å². The zero-order chi connectivity index (χ0) is 15.0. The molecule has 3 rings (SSSR count). The first-order valence-corrected chi connectivity index (χ1v) is 6.43. The summed E-state index contributed by atoms with van der Waals surface area (Å²) in [5.74, 6) is 0.665. The molecule has 0 aliphatic heterocycles. The number of hydrogen-bond donors (Lipinski definition) is 1. The van der Waals surface area contributed by atoms with Crippen LogP contribution in [0.25, 0.3) is 11.1 Å². The minimum Gasteiger partial charge on any atom is -0.438 e. The van der Waals surface area contributed by atoms with Crippen molar-refractivity contribution in [2.75, 3.05) is 5.73 Å². The monoisotopic (exact) mass is 300 g/mol. The van der Waals surface area contributed by atoms with Crippen LogP contribution in [-0.4, -0.2) is 4.98 Å². The topological polar surface area (TPSA) is 82.3 Å². The summed E-state index contributed by atoms with van der Waals surface area (Å²) in [6.45, 7) is 0. The largest absolute Gasteiger partial charge is 0.438 e. The molecule has 5 nitrogen and oxygen atoms in total. The van der Waals surface area contributed by atoms with Crippen LogP contribution in [0.4, 0.5) is 5.69 Å². The molecule has 2 N–H and O–H groups in total. The van der Waals surface area contributed by atoms with Gasteiger partial charge in [0.1, 0.15) is 5.75 Å². The lowest BCUT2D eigenvalue weighted by Crippen LogP contribution is -2.35. The van der Waals surface area contributed by atoms with E-state index in [1.807, 2.05) is 0 Å². The third-order valence-electron chi connectivity index (χ3n) is 3.01. The van der Waals surface area contributed by atoms with Crippen molar-refractivity contribution >= 4 is 17.3 Å². The Kier molecular flexibility index (Phi) is 3.19. The Bertz CT molecular complexity index is 884. The van der Waals surface area contributed by atoms with Gasteiger partial charge >= 0.3 is 0 Å². The van der Waals surface area contributed by atoms with Crippen molar-refractivity contribution in [1.82, 2.24) is 4.98 Å². The van der Waals surface area contributed by atoms with Gasteiger partial charge in [0.05, 0.1) is 11.3 Å². The molecular weight excluding hydrogens is 292 g/mol. The molecule has 0 radical (unpaired) electrons. The molecule has 0 unspecified atom stereocenters. The second kappa shape index (κ2) is 5.03. The average molecular weight is 301 g/mol. The van der Waals surface area contributed by atoms with E-state index in [2.05, 4.69) is 4.98 Å². The molecule has 0 fully saturated rings. The zero-order valence-electron chi connectivity index (χ0n) is 10.7. The van der Waals surface area contributed by atoms with Crippen LogP contribution in [0.5, 0.6) is 11.6 Å². The van der Waals surface area contributed by atoms with Gasteiger partial charge < -0.3 is 10.5 Å². The minimum absolute atomic E-state index is 0.0619. The number of hydrogen-bond acceptors (Lipinski definition) is 5. The lowest BCUT2D eigenvalue weighted by Gasteiger charge is -2.13. The number of benzene rings is 1. The Morgan fingerprint density at radius 2 is 1.90 bits per heavy atom. The number of rotatable bonds is 3. The van der Waals surface area contributed by atoms with Crippen molar-refractivity contribution in [2.24, 2.45) is 0 Å². The number of nitrogens with two attached hydrogens (primary N) is 1. The van der Waals surface area contributed by atoms with Crippen molar-refractivity contribution in [3.63, 3.8) is 0 Å². The molecule has 1 aromatic heterocycles. The van der Waals surface area contributed by atoms with E-state index in [4.69, 9.17) is 22.1 Å². The Morgan fingerprint density at radius 3 is 2.57 bits per heavy atom. The summed E-state index contributed by atoms with van der Waals surface area (Å²) in [6.07, 6.45) is 1.57. The highest BCUT2D eigenvalue weighted by Crippen LogP contribution is 2.35. The van der Waals surface area contributed by atoms with Gasteiger partial charge in [-0.25, -0.2) is 4.98 Å². The second-order valence-electron chi connectivity index (χ2n) is 4.36. The molecule has 0 spiro atoms. The third-order valence-corrected chi connectivity index (χ3v) is 3.25. The maximum Gasteiger partial charge on any atom is 0.249 e. The van der Waals surface area contributed by atoms with Crippen LogP contribution in [0.3, 0.4) is 0 Å². The standard InChI is InChI=1S/C15H9ClN2O3/c16-8-4-5-9(12-13(17)15(20)14(12)19)10(7-8)21-11-3-1-2-6-18-11/h1-7H,17H2. The smallest absolute Gasteiger partial charge is 0.249 e. The van der Waals surface area contributed by atoms with Crippen LogP contribution < -0.4 is 21.3 Å². The zero-order valence-corrected chi connectivity index (χ0v) is 11.4. The highest BCUT2D eigenvalue weighted by atomic mass is 35.5. The maximum absolute atomic E-state index is 11.7. The van der Waals surface area contributed by atoms with E-state index in [1.165, 1.54) is 0 Å². The minimum atomic E-state index is -0.677. The first-order chi connectivity index (χ1) is 10.1. The Morgan fingerprint density at radius 1 is 1.10 bits per heavy atom. The van der Waals surface area contributed by atoms with Gasteiger partial charge in [0, 0.05) is 28.9 Å². The van der Waals surface area contributed by atoms with E-state index < -0.39 is 10.9 Å². The predicted octanol–water partition coefficient (Wildman–Crippen LogP) is 2.37. The SMILES string of the molecule is Nc1c(-c2ccc(Cl)cc2Oc2ccccn2)c(=O)c1=O. The molecule has 6 heteroatoms. The molecule has 2 aromatic carbocycles. The molecule has 0 atom stereocenters. The van der Waals surface area contributed by atoms with E-state index in [1.54, 1.807) is 42.6 Å². The molecule has 1 heterocycles. The quantitative estimate of drug-likeness (QED) is 0.751. The van der Waals surface area contributed by atoms with Crippen LogP contribution in [0.15, 0.2) is 52.2 Å². The third kappa shape index (κ3) is 2.28. The number of nitrogen functional groups attached to an aromatic ring is 1. The summed E-state index contributed by atoms with van der Waals surface area (Å²) in [7, 11) is 0. The van der Waals surface area contributed by atoms with E-state index in [0.29, 0.717) is 22.2 Å². The first-order valence-electron chi connectivity index (χ1n) is 6.05. The average Bonchev–Trinajstić information content (AvgIpc) is 2.50. The fraction of sp³-hybridized carbons (Fsp3) is 0. The number of aromatic nitrogens is 1. The maximum atomic E-state index is 11.7. The molecule has 3 aromatic rings. The highest BCUT2D eigenvalue weighted by molar-refractivity contribution is 6.30. The summed E-state index contributed by atoms with van der Waals surface area (Å²) < 4.78 is 5.63. The van der Waals surface area contributed by atoms with E-state index >= 15 is 0 Å². The second-order valence-corrected chi connectivity index (χ2v) is 4.79. The summed E-state index contributed by atoms with van der Waals surface area (Å²) >= 11 is 5.95. The summed E-state index contributed by atoms with van der Waals surface area (Å²) in [5, 5.41) is 0.432. The van der Waals surface area contributed by atoms with Gasteiger partial charge in [-0.2, -0.15) is 0 Å². The van der Waals surface area contributed by atoms with Gasteiger partial charge in [0.25, 0.3) is 0 Å². The molecule has 0 aliphatic rings. The Balaban J connectivity index is 2.10. The van der Waals surface area contributed by atoms with E-state index in [9.17, 15) is 9.59 Å². The van der Waals surface area contributed by atoms with Gasteiger partial charge in [-0.15, -0.1) is 0 Å². The molecule has 0 saturated carbocycles. The van der Waals surface area contributed by atoms with Crippen LogP contribution in [-0.2, 0) is 0 Å². The lowest BCUT2D eigenvalue weighted by molar-refractivity contribution is 0.464. The van der Waals surface area contributed by atoms with Gasteiger partial charge in [-0.05, 0) is 18.2 Å². The van der Waals surface area contributed by atoms with Gasteiger partial charge in [0.15, 0.2) is 0 Å². The van der Waals surface area contributed by atoms with Crippen molar-refractivity contribution in [3.05, 3.63) is 68.1 Å². The van der Waals surface area contributed by atoms with Gasteiger partial charge in [-0.3, -0.25) is 9.59 Å². The predicted molar refractivity (Wildman–Crippen MR) is 80.5 cm³/mol. The fourth-order valence-electron chi connectivity index (χ4n) is 1.98. The summed E-state index contributed by atoms with van der Waals surface area (Å²) in [6, 6.07) is 9.91. The fourth-order valence-corrected chi connectivity index (χ4v) is 2.15. The van der Waals surface area contributed by atoms with Crippen molar-refractivity contribution in [2.45, 2.75) is 0 Å². The number of halogens is 1. The molecule has 21 heavy (non-hydrogen) atoms. The molecule has 0 aliphatic carbocycles. The molecular formula is C15H9ClN2O3. The van der Waals surface area contributed by atoms with Crippen molar-refractivity contribution in [3.8, 4) is 22.8 Å². The number of nitrogens with zero attached hydrogens (tertiary/aromatic N) is 1. The van der Waals surface area contributed by atoms with Crippen molar-refractivity contribution < 1.29 is 4.74 Å². The van der Waals surface area contributed by atoms with Crippen LogP contribution in [0.1, 0.15) is 0 Å². The number of pyridine rings is 1. The van der Waals surface area contributed by atoms with Gasteiger partial charge in [-0.1, -0.05) is 17.7 Å². The Hall–Kier alpha value is -2.66. The highest BCUT2D eigenvalue weighted by Gasteiger charge is 2.23. The Labute approximate surface area is 124 Å². The molecule has 0 saturated heterocycles. The van der Waals surface area contributed by atoms with Gasteiger partial charge in [0.2, 0.25) is 16.7 Å². The molecule has 0 amide bonds.